The van der Waals surface area contributed by atoms with Crippen molar-refractivity contribution in [2.75, 3.05) is 19.6 Å². The summed E-state index contributed by atoms with van der Waals surface area (Å²) in [5.41, 5.74) is 0. The molecule has 2 amide bonds. The Hall–Kier alpha value is -1.53. The molecule has 0 radical (unpaired) electrons. The molecule has 2 heterocycles. The van der Waals surface area contributed by atoms with Gasteiger partial charge in [0.25, 0.3) is 0 Å². The molecule has 1 saturated heterocycles. The first-order chi connectivity index (χ1) is 11.2. The number of nitrogens with zero attached hydrogens (tertiary/aromatic N) is 1. The summed E-state index contributed by atoms with van der Waals surface area (Å²) in [5, 5.41) is 15.5. The van der Waals surface area contributed by atoms with Crippen LogP contribution in [0.3, 0.4) is 0 Å². The van der Waals surface area contributed by atoms with Crippen LogP contribution in [-0.2, 0) is 0 Å². The molecule has 128 valence electrons. The van der Waals surface area contributed by atoms with E-state index in [9.17, 15) is 9.90 Å². The van der Waals surface area contributed by atoms with Crippen LogP contribution in [0.25, 0.3) is 0 Å². The first-order valence-electron chi connectivity index (χ1n) is 8.72. The van der Waals surface area contributed by atoms with Gasteiger partial charge in [-0.15, -0.1) is 0 Å². The lowest BCUT2D eigenvalue weighted by molar-refractivity contribution is 0.117. The van der Waals surface area contributed by atoms with E-state index in [1.807, 2.05) is 12.1 Å². The molecule has 2 fully saturated rings. The number of furan rings is 1. The number of urea groups is 1. The zero-order valence-electron chi connectivity index (χ0n) is 13.5. The summed E-state index contributed by atoms with van der Waals surface area (Å²) >= 11 is 0. The van der Waals surface area contributed by atoms with Crippen LogP contribution in [0.4, 0.5) is 4.79 Å². The maximum atomic E-state index is 12.1. The monoisotopic (exact) mass is 321 g/mol. The molecule has 1 aliphatic heterocycles. The molecule has 1 aliphatic carbocycles. The van der Waals surface area contributed by atoms with Crippen molar-refractivity contribution in [3.8, 4) is 0 Å². The van der Waals surface area contributed by atoms with Gasteiger partial charge in [-0.25, -0.2) is 4.79 Å². The number of aliphatic hydroxyl groups excluding tert-OH is 1. The second-order valence-electron chi connectivity index (χ2n) is 6.63. The molecule has 0 bridgehead atoms. The van der Waals surface area contributed by atoms with Crippen molar-refractivity contribution in [1.29, 1.82) is 0 Å². The highest BCUT2D eigenvalue weighted by atomic mass is 16.3. The molecule has 3 N–H and O–H groups in total. The van der Waals surface area contributed by atoms with E-state index < -0.39 is 0 Å². The van der Waals surface area contributed by atoms with E-state index in [0.717, 1.165) is 44.5 Å². The van der Waals surface area contributed by atoms with Gasteiger partial charge in [-0.3, -0.25) is 4.90 Å². The summed E-state index contributed by atoms with van der Waals surface area (Å²) in [6.45, 7) is 2.65. The van der Waals surface area contributed by atoms with E-state index in [1.54, 1.807) is 6.26 Å². The Bertz CT molecular complexity index is 477. The number of aliphatic hydroxyl groups is 1. The summed E-state index contributed by atoms with van der Waals surface area (Å²) in [6, 6.07) is 4.03. The van der Waals surface area contributed by atoms with Gasteiger partial charge in [0.1, 0.15) is 5.76 Å². The van der Waals surface area contributed by atoms with Gasteiger partial charge in [-0.05, 0) is 63.7 Å². The van der Waals surface area contributed by atoms with Gasteiger partial charge in [0.05, 0.1) is 18.4 Å². The van der Waals surface area contributed by atoms with Crippen molar-refractivity contribution in [2.24, 2.45) is 0 Å². The van der Waals surface area contributed by atoms with E-state index >= 15 is 0 Å². The highest BCUT2D eigenvalue weighted by molar-refractivity contribution is 5.74. The van der Waals surface area contributed by atoms with Crippen LogP contribution in [-0.4, -0.2) is 47.8 Å². The fourth-order valence-electron chi connectivity index (χ4n) is 3.59. The molecule has 1 saturated carbocycles. The van der Waals surface area contributed by atoms with Crippen LogP contribution in [0.5, 0.6) is 0 Å². The van der Waals surface area contributed by atoms with Crippen LogP contribution >= 0.6 is 0 Å². The quantitative estimate of drug-likeness (QED) is 0.775. The summed E-state index contributed by atoms with van der Waals surface area (Å²) in [6.07, 6.45) is 7.13. The second kappa shape index (κ2) is 7.84. The molecule has 6 nitrogen and oxygen atoms in total. The van der Waals surface area contributed by atoms with Crippen molar-refractivity contribution in [1.82, 2.24) is 15.5 Å². The first kappa shape index (κ1) is 16.3. The van der Waals surface area contributed by atoms with E-state index in [2.05, 4.69) is 15.5 Å². The summed E-state index contributed by atoms with van der Waals surface area (Å²) in [5.74, 6) is 0.910. The first-order valence-corrected chi connectivity index (χ1v) is 8.72. The van der Waals surface area contributed by atoms with Crippen LogP contribution in [0.2, 0.25) is 0 Å². The predicted octanol–water partition coefficient (Wildman–Crippen LogP) is 2.02. The van der Waals surface area contributed by atoms with E-state index in [0.29, 0.717) is 6.54 Å². The molecule has 1 aromatic rings. The number of rotatable bonds is 5. The summed E-state index contributed by atoms with van der Waals surface area (Å²) in [7, 11) is 0. The number of likely N-dealkylation sites (tertiary alicyclic amines) is 1. The molecule has 0 unspecified atom stereocenters. The van der Waals surface area contributed by atoms with Crippen molar-refractivity contribution in [3.63, 3.8) is 0 Å². The Kier molecular flexibility index (Phi) is 5.56. The predicted molar refractivity (Wildman–Crippen MR) is 87.1 cm³/mol. The van der Waals surface area contributed by atoms with Crippen LogP contribution in [0.15, 0.2) is 22.8 Å². The smallest absolute Gasteiger partial charge is 0.315 e. The maximum Gasteiger partial charge on any atom is 0.315 e. The molecule has 0 aromatic carbocycles. The lowest BCUT2D eigenvalue weighted by Gasteiger charge is -2.28. The largest absolute Gasteiger partial charge is 0.468 e. The number of carbonyl (C=O) groups is 1. The summed E-state index contributed by atoms with van der Waals surface area (Å²) in [4.78, 5) is 14.5. The topological polar surface area (TPSA) is 77.7 Å². The van der Waals surface area contributed by atoms with E-state index in [-0.39, 0.29) is 24.2 Å². The Morgan fingerprint density at radius 1 is 1.30 bits per heavy atom. The lowest BCUT2D eigenvalue weighted by Crippen LogP contribution is -2.46. The minimum atomic E-state index is -0.199. The van der Waals surface area contributed by atoms with E-state index in [1.165, 1.54) is 12.8 Å². The van der Waals surface area contributed by atoms with Gasteiger partial charge in [0.15, 0.2) is 0 Å². The van der Waals surface area contributed by atoms with Crippen LogP contribution < -0.4 is 10.6 Å². The Balaban J connectivity index is 1.49. The second-order valence-corrected chi connectivity index (χ2v) is 6.63. The third-order valence-electron chi connectivity index (χ3n) is 4.94. The molecule has 0 spiro atoms. The number of amides is 2. The fourth-order valence-corrected chi connectivity index (χ4v) is 3.59. The standard InChI is InChI=1S/C17H27N3O3/c21-14-7-5-13(6-8-14)19-17(22)18-12-15(16-4-3-11-23-16)20-9-1-2-10-20/h3-4,11,13-15,21H,1-2,5-10,12H2,(H2,18,19,22)/t13?,14?,15-/m1/s1. The van der Waals surface area contributed by atoms with Crippen molar-refractivity contribution >= 4 is 6.03 Å². The van der Waals surface area contributed by atoms with Gasteiger partial charge >= 0.3 is 6.03 Å². The van der Waals surface area contributed by atoms with Crippen molar-refractivity contribution < 1.29 is 14.3 Å². The van der Waals surface area contributed by atoms with Crippen LogP contribution in [0, 0.1) is 0 Å². The van der Waals surface area contributed by atoms with Gasteiger partial charge in [0, 0.05) is 12.6 Å². The normalized spacial score (nSPS) is 26.8. The molecule has 1 aromatic heterocycles. The van der Waals surface area contributed by atoms with Gasteiger partial charge < -0.3 is 20.2 Å². The highest BCUT2D eigenvalue weighted by Gasteiger charge is 2.26. The minimum Gasteiger partial charge on any atom is -0.468 e. The highest BCUT2D eigenvalue weighted by Crippen LogP contribution is 2.25. The van der Waals surface area contributed by atoms with Gasteiger partial charge in [-0.2, -0.15) is 0 Å². The van der Waals surface area contributed by atoms with Crippen molar-refractivity contribution in [3.05, 3.63) is 24.2 Å². The average molecular weight is 321 g/mol. The molecular formula is C17H27N3O3. The number of hydrogen-bond acceptors (Lipinski definition) is 4. The Labute approximate surface area is 137 Å². The van der Waals surface area contributed by atoms with Crippen molar-refractivity contribution in [2.45, 2.75) is 56.7 Å². The Morgan fingerprint density at radius 3 is 2.70 bits per heavy atom. The molecule has 23 heavy (non-hydrogen) atoms. The molecule has 6 heteroatoms. The number of nitrogens with one attached hydrogen (secondary N) is 2. The number of carbonyl (C=O) groups excluding carboxylic acids is 1. The van der Waals surface area contributed by atoms with Gasteiger partial charge in [0.2, 0.25) is 0 Å². The molecule has 2 aliphatic rings. The fraction of sp³-hybridized carbons (Fsp3) is 0.706. The average Bonchev–Trinajstić information content (AvgIpc) is 3.24. The molecular weight excluding hydrogens is 294 g/mol. The maximum absolute atomic E-state index is 12.1. The SMILES string of the molecule is O=C(NC[C@H](c1ccco1)N1CCCC1)NC1CCC(O)CC1. The summed E-state index contributed by atoms with van der Waals surface area (Å²) < 4.78 is 5.56. The zero-order chi connectivity index (χ0) is 16.1. The zero-order valence-corrected chi connectivity index (χ0v) is 13.5. The third-order valence-corrected chi connectivity index (χ3v) is 4.94. The lowest BCUT2D eigenvalue weighted by atomic mass is 9.93. The minimum absolute atomic E-state index is 0.103. The Morgan fingerprint density at radius 2 is 2.04 bits per heavy atom. The van der Waals surface area contributed by atoms with E-state index in [4.69, 9.17) is 4.42 Å². The molecule has 1 atom stereocenters. The number of hydrogen-bond donors (Lipinski definition) is 3. The van der Waals surface area contributed by atoms with Gasteiger partial charge in [-0.1, -0.05) is 0 Å². The van der Waals surface area contributed by atoms with Crippen LogP contribution in [0.1, 0.15) is 50.3 Å². The third kappa shape index (κ3) is 4.48. The molecule has 3 rings (SSSR count).